The average Bonchev–Trinajstić information content (AvgIpc) is 2.94. The zero-order chi connectivity index (χ0) is 11.4. The SMILES string of the molecule is CCNCc1coc(N2CCC(CC)C2)n1. The van der Waals surface area contributed by atoms with Crippen molar-refractivity contribution in [3.63, 3.8) is 0 Å². The molecule has 1 aromatic heterocycles. The first kappa shape index (κ1) is 11.5. The highest BCUT2D eigenvalue weighted by atomic mass is 16.4. The number of nitrogens with one attached hydrogen (secondary N) is 1. The van der Waals surface area contributed by atoms with Crippen molar-refractivity contribution in [2.75, 3.05) is 24.5 Å². The van der Waals surface area contributed by atoms with Gasteiger partial charge in [-0.3, -0.25) is 0 Å². The molecule has 4 nitrogen and oxygen atoms in total. The van der Waals surface area contributed by atoms with E-state index in [4.69, 9.17) is 4.42 Å². The molecule has 1 aliphatic heterocycles. The van der Waals surface area contributed by atoms with E-state index in [1.54, 1.807) is 6.26 Å². The zero-order valence-electron chi connectivity index (χ0n) is 10.2. The Hall–Kier alpha value is -1.03. The lowest BCUT2D eigenvalue weighted by molar-refractivity contribution is 0.532. The third-order valence-corrected chi connectivity index (χ3v) is 3.23. The van der Waals surface area contributed by atoms with Crippen molar-refractivity contribution in [1.29, 1.82) is 0 Å². The van der Waals surface area contributed by atoms with Crippen LogP contribution in [0.15, 0.2) is 10.7 Å². The van der Waals surface area contributed by atoms with Gasteiger partial charge >= 0.3 is 0 Å². The summed E-state index contributed by atoms with van der Waals surface area (Å²) in [4.78, 5) is 6.75. The summed E-state index contributed by atoms with van der Waals surface area (Å²) in [6.45, 7) is 8.28. The van der Waals surface area contributed by atoms with Gasteiger partial charge in [0.15, 0.2) is 0 Å². The molecule has 0 amide bonds. The first-order chi connectivity index (χ1) is 7.83. The highest BCUT2D eigenvalue weighted by Gasteiger charge is 2.24. The lowest BCUT2D eigenvalue weighted by atomic mass is 10.1. The third kappa shape index (κ3) is 2.55. The predicted molar refractivity (Wildman–Crippen MR) is 64.5 cm³/mol. The number of aromatic nitrogens is 1. The van der Waals surface area contributed by atoms with Gasteiger partial charge in [0.1, 0.15) is 6.26 Å². The van der Waals surface area contributed by atoms with Gasteiger partial charge in [-0.05, 0) is 18.9 Å². The molecular weight excluding hydrogens is 202 g/mol. The predicted octanol–water partition coefficient (Wildman–Crippen LogP) is 2.02. The van der Waals surface area contributed by atoms with E-state index >= 15 is 0 Å². The van der Waals surface area contributed by atoms with E-state index in [9.17, 15) is 0 Å². The summed E-state index contributed by atoms with van der Waals surface area (Å²) in [6.07, 6.45) is 4.28. The second-order valence-corrected chi connectivity index (χ2v) is 4.41. The molecule has 16 heavy (non-hydrogen) atoms. The van der Waals surface area contributed by atoms with E-state index in [-0.39, 0.29) is 0 Å². The Kier molecular flexibility index (Phi) is 3.83. The maximum Gasteiger partial charge on any atom is 0.297 e. The van der Waals surface area contributed by atoms with E-state index in [0.717, 1.165) is 43.8 Å². The van der Waals surface area contributed by atoms with Gasteiger partial charge < -0.3 is 14.6 Å². The van der Waals surface area contributed by atoms with Crippen molar-refractivity contribution < 1.29 is 4.42 Å². The van der Waals surface area contributed by atoms with E-state index in [2.05, 4.69) is 29.0 Å². The molecule has 1 N–H and O–H groups in total. The standard InChI is InChI=1S/C12H21N3O/c1-3-10-5-6-15(8-10)12-14-11(9-16-12)7-13-4-2/h9-10,13H,3-8H2,1-2H3. The Bertz CT molecular complexity index is 324. The van der Waals surface area contributed by atoms with Crippen LogP contribution in [0.2, 0.25) is 0 Å². The summed E-state index contributed by atoms with van der Waals surface area (Å²) in [5, 5.41) is 3.25. The Morgan fingerprint density at radius 3 is 3.12 bits per heavy atom. The normalized spacial score (nSPS) is 20.6. The van der Waals surface area contributed by atoms with Gasteiger partial charge in [0.25, 0.3) is 6.01 Å². The maximum absolute atomic E-state index is 5.51. The quantitative estimate of drug-likeness (QED) is 0.829. The van der Waals surface area contributed by atoms with Crippen molar-refractivity contribution in [2.24, 2.45) is 5.92 Å². The Morgan fingerprint density at radius 1 is 1.56 bits per heavy atom. The lowest BCUT2D eigenvalue weighted by Crippen LogP contribution is -2.20. The minimum atomic E-state index is 0.795. The van der Waals surface area contributed by atoms with Gasteiger partial charge in [-0.25, -0.2) is 0 Å². The summed E-state index contributed by atoms with van der Waals surface area (Å²) in [5.41, 5.74) is 0.997. The molecule has 90 valence electrons. The fraction of sp³-hybridized carbons (Fsp3) is 0.750. The van der Waals surface area contributed by atoms with Gasteiger partial charge in [-0.15, -0.1) is 0 Å². The number of oxazole rings is 1. The van der Waals surface area contributed by atoms with Crippen LogP contribution in [-0.4, -0.2) is 24.6 Å². The number of anilines is 1. The highest BCUT2D eigenvalue weighted by Crippen LogP contribution is 2.24. The van der Waals surface area contributed by atoms with Crippen LogP contribution in [0.25, 0.3) is 0 Å². The molecule has 1 unspecified atom stereocenters. The molecular formula is C12H21N3O. The van der Waals surface area contributed by atoms with Gasteiger partial charge in [-0.2, -0.15) is 4.98 Å². The Balaban J connectivity index is 1.92. The van der Waals surface area contributed by atoms with Crippen LogP contribution in [0, 0.1) is 5.92 Å². The molecule has 0 radical (unpaired) electrons. The van der Waals surface area contributed by atoms with Crippen LogP contribution in [0.1, 0.15) is 32.4 Å². The molecule has 2 heterocycles. The molecule has 0 spiro atoms. The van der Waals surface area contributed by atoms with Crippen LogP contribution in [0.5, 0.6) is 0 Å². The third-order valence-electron chi connectivity index (χ3n) is 3.23. The average molecular weight is 223 g/mol. The molecule has 0 aliphatic carbocycles. The first-order valence-corrected chi connectivity index (χ1v) is 6.23. The summed E-state index contributed by atoms with van der Waals surface area (Å²) >= 11 is 0. The largest absolute Gasteiger partial charge is 0.432 e. The van der Waals surface area contributed by atoms with Gasteiger partial charge in [-0.1, -0.05) is 20.3 Å². The van der Waals surface area contributed by atoms with Crippen molar-refractivity contribution in [1.82, 2.24) is 10.3 Å². The van der Waals surface area contributed by atoms with E-state index in [0.29, 0.717) is 0 Å². The Labute approximate surface area is 97.0 Å². The fourth-order valence-corrected chi connectivity index (χ4v) is 2.12. The summed E-state index contributed by atoms with van der Waals surface area (Å²) in [6, 6.07) is 0.795. The molecule has 1 fully saturated rings. The minimum absolute atomic E-state index is 0.795. The summed E-state index contributed by atoms with van der Waals surface area (Å²) in [5.74, 6) is 0.809. The van der Waals surface area contributed by atoms with Crippen molar-refractivity contribution in [3.05, 3.63) is 12.0 Å². The zero-order valence-corrected chi connectivity index (χ0v) is 10.2. The number of nitrogens with zero attached hydrogens (tertiary/aromatic N) is 2. The van der Waals surface area contributed by atoms with E-state index < -0.39 is 0 Å². The minimum Gasteiger partial charge on any atom is -0.432 e. The molecule has 0 bridgehead atoms. The molecule has 1 saturated heterocycles. The van der Waals surface area contributed by atoms with Crippen LogP contribution in [0.4, 0.5) is 6.01 Å². The van der Waals surface area contributed by atoms with Crippen LogP contribution < -0.4 is 10.2 Å². The van der Waals surface area contributed by atoms with Gasteiger partial charge in [0, 0.05) is 19.6 Å². The van der Waals surface area contributed by atoms with Crippen LogP contribution in [0.3, 0.4) is 0 Å². The molecule has 2 rings (SSSR count). The molecule has 0 saturated carbocycles. The second kappa shape index (κ2) is 5.34. The fourth-order valence-electron chi connectivity index (χ4n) is 2.12. The lowest BCUT2D eigenvalue weighted by Gasteiger charge is -2.12. The van der Waals surface area contributed by atoms with Gasteiger partial charge in [0.2, 0.25) is 0 Å². The topological polar surface area (TPSA) is 41.3 Å². The molecule has 1 aromatic rings. The van der Waals surface area contributed by atoms with Crippen molar-refractivity contribution in [3.8, 4) is 0 Å². The Morgan fingerprint density at radius 2 is 2.44 bits per heavy atom. The second-order valence-electron chi connectivity index (χ2n) is 4.41. The van der Waals surface area contributed by atoms with Crippen LogP contribution in [-0.2, 0) is 6.54 Å². The summed E-state index contributed by atoms with van der Waals surface area (Å²) in [7, 11) is 0. The van der Waals surface area contributed by atoms with Gasteiger partial charge in [0.05, 0.1) is 5.69 Å². The number of hydrogen-bond acceptors (Lipinski definition) is 4. The van der Waals surface area contributed by atoms with E-state index in [1.807, 2.05) is 0 Å². The van der Waals surface area contributed by atoms with Crippen LogP contribution >= 0.6 is 0 Å². The maximum atomic E-state index is 5.51. The molecule has 4 heteroatoms. The molecule has 1 aliphatic rings. The highest BCUT2D eigenvalue weighted by molar-refractivity contribution is 5.28. The van der Waals surface area contributed by atoms with Crippen molar-refractivity contribution >= 4 is 6.01 Å². The summed E-state index contributed by atoms with van der Waals surface area (Å²) < 4.78 is 5.51. The number of hydrogen-bond donors (Lipinski definition) is 1. The van der Waals surface area contributed by atoms with Crippen molar-refractivity contribution in [2.45, 2.75) is 33.2 Å². The molecule has 1 atom stereocenters. The van der Waals surface area contributed by atoms with E-state index in [1.165, 1.54) is 12.8 Å². The smallest absolute Gasteiger partial charge is 0.297 e. The first-order valence-electron chi connectivity index (χ1n) is 6.23. The number of rotatable bonds is 5. The monoisotopic (exact) mass is 223 g/mol. The molecule has 0 aromatic carbocycles.